The first-order valence-electron chi connectivity index (χ1n) is 15.3. The van der Waals surface area contributed by atoms with E-state index in [1.165, 1.54) is 0 Å². The molecule has 0 amide bonds. The predicted octanol–water partition coefficient (Wildman–Crippen LogP) is 4.05. The molecule has 1 unspecified atom stereocenters. The maximum Gasteiger partial charge on any atom is 0.239 e. The highest BCUT2D eigenvalue weighted by atomic mass is 32.2. The van der Waals surface area contributed by atoms with Gasteiger partial charge in [0.2, 0.25) is 11.8 Å². The van der Waals surface area contributed by atoms with Gasteiger partial charge in [-0.1, -0.05) is 21.2 Å². The number of nitrogens with one attached hydrogen (secondary N) is 2. The molecule has 6 rings (SSSR count). The minimum atomic E-state index is 0.435. The molecule has 3 aromatic heterocycles. The second kappa shape index (κ2) is 13.9. The molecule has 2 N–H and O–H groups in total. The average molecular weight is 648 g/mol. The molecule has 0 spiro atoms. The number of benzene rings is 1. The molecule has 4 aromatic rings. The third kappa shape index (κ3) is 6.86. The quantitative estimate of drug-likeness (QED) is 0.202. The number of piperidine rings is 1. The monoisotopic (exact) mass is 647 g/mol. The Kier molecular flexibility index (Phi) is 9.70. The zero-order chi connectivity index (χ0) is 31.5. The van der Waals surface area contributed by atoms with Crippen molar-refractivity contribution in [2.45, 2.75) is 25.8 Å². The van der Waals surface area contributed by atoms with Crippen LogP contribution in [-0.4, -0.2) is 107 Å². The SMILES string of the molecule is COc1nc(N2CCC(N3CCN(C)CC3)CC2)c(C)cc1Nc1ncc(P)c(Nc2ccc3nccnc3c2N(C)SC)n1. The zero-order valence-corrected chi connectivity index (χ0v) is 28.6. The number of nitrogens with zero attached hydrogens (tertiary/aromatic N) is 9. The van der Waals surface area contributed by atoms with Gasteiger partial charge in [0.05, 0.1) is 24.0 Å². The van der Waals surface area contributed by atoms with E-state index in [1.54, 1.807) is 37.6 Å². The van der Waals surface area contributed by atoms with Gasteiger partial charge in [-0.15, -0.1) is 0 Å². The van der Waals surface area contributed by atoms with Crippen molar-refractivity contribution >= 4 is 72.2 Å². The summed E-state index contributed by atoms with van der Waals surface area (Å²) < 4.78 is 7.83. The molecule has 0 aliphatic carbocycles. The van der Waals surface area contributed by atoms with Crippen molar-refractivity contribution in [3.05, 3.63) is 42.4 Å². The number of hydrogen-bond acceptors (Lipinski definition) is 13. The summed E-state index contributed by atoms with van der Waals surface area (Å²) in [6.45, 7) is 8.72. The molecule has 2 aliphatic heterocycles. The van der Waals surface area contributed by atoms with Crippen LogP contribution >= 0.6 is 21.2 Å². The molecule has 1 atom stereocenters. The lowest BCUT2D eigenvalue weighted by Crippen LogP contribution is -2.52. The van der Waals surface area contributed by atoms with Gasteiger partial charge in [-0.05, 0) is 50.6 Å². The Hall–Kier alpha value is -3.51. The fraction of sp³-hybridized carbons (Fsp3) is 0.452. The topological polar surface area (TPSA) is 111 Å². The van der Waals surface area contributed by atoms with Gasteiger partial charge < -0.3 is 29.5 Å². The third-order valence-electron chi connectivity index (χ3n) is 8.68. The number of fused-ring (bicyclic) bond motifs is 1. The lowest BCUT2D eigenvalue weighted by molar-refractivity contribution is 0.0981. The minimum Gasteiger partial charge on any atom is -0.479 e. The van der Waals surface area contributed by atoms with Crippen molar-refractivity contribution in [2.75, 3.05) is 86.6 Å². The van der Waals surface area contributed by atoms with Crippen LogP contribution < -0.4 is 29.9 Å². The van der Waals surface area contributed by atoms with Crippen molar-refractivity contribution in [1.82, 2.24) is 34.7 Å². The maximum atomic E-state index is 5.77. The Bertz CT molecular complexity index is 1640. The summed E-state index contributed by atoms with van der Waals surface area (Å²) in [7, 11) is 8.58. The number of piperazine rings is 1. The molecule has 2 saturated heterocycles. The van der Waals surface area contributed by atoms with Crippen LogP contribution in [0.4, 0.5) is 34.6 Å². The molecular weight excluding hydrogens is 605 g/mol. The summed E-state index contributed by atoms with van der Waals surface area (Å²) in [5.74, 6) is 2.58. The normalized spacial score (nSPS) is 16.6. The van der Waals surface area contributed by atoms with Crippen LogP contribution in [0.15, 0.2) is 36.8 Å². The number of likely N-dealkylation sites (N-methyl/N-ethyl adjacent to an activating group) is 1. The Balaban J connectivity index is 1.20. The number of methoxy groups -OCH3 is 1. The largest absolute Gasteiger partial charge is 0.479 e. The Morgan fingerprint density at radius 1 is 0.978 bits per heavy atom. The smallest absolute Gasteiger partial charge is 0.239 e. The molecule has 2 fully saturated rings. The first-order valence-corrected chi connectivity index (χ1v) is 17.0. The van der Waals surface area contributed by atoms with Crippen molar-refractivity contribution in [1.29, 1.82) is 0 Å². The first kappa shape index (κ1) is 31.5. The Labute approximate surface area is 271 Å². The highest BCUT2D eigenvalue weighted by Gasteiger charge is 2.28. The predicted molar refractivity (Wildman–Crippen MR) is 189 cm³/mol. The number of aromatic nitrogens is 5. The number of aryl methyl sites for hydroxylation is 1. The van der Waals surface area contributed by atoms with E-state index in [9.17, 15) is 0 Å². The van der Waals surface area contributed by atoms with E-state index in [4.69, 9.17) is 14.7 Å². The fourth-order valence-electron chi connectivity index (χ4n) is 6.11. The van der Waals surface area contributed by atoms with Crippen molar-refractivity contribution in [2.24, 2.45) is 0 Å². The van der Waals surface area contributed by atoms with Gasteiger partial charge in [0.15, 0.2) is 0 Å². The average Bonchev–Trinajstić information content (AvgIpc) is 3.06. The molecule has 0 saturated carbocycles. The summed E-state index contributed by atoms with van der Waals surface area (Å²) >= 11 is 1.60. The number of hydrogen-bond donors (Lipinski definition) is 2. The fourth-order valence-corrected chi connectivity index (χ4v) is 6.69. The van der Waals surface area contributed by atoms with Gasteiger partial charge in [0, 0.05) is 82.5 Å². The Morgan fingerprint density at radius 2 is 1.73 bits per heavy atom. The standard InChI is InChI=1S/C31H42N11OPS/c1-20-18-24(30(43-4)38-29(20)42-12-8-21(9-13-42)41-16-14-39(2)15-17-41)36-31-34-19-25(44)28(37-31)35-23-7-6-22-26(33-11-10-32-22)27(23)40(3)45-5/h6-7,10-11,18-19,21H,8-9,12-17,44H2,1-5H3,(H2,34,35,36,37). The maximum absolute atomic E-state index is 5.77. The van der Waals surface area contributed by atoms with Crippen molar-refractivity contribution in [3.63, 3.8) is 0 Å². The van der Waals surface area contributed by atoms with Crippen LogP contribution in [0.3, 0.4) is 0 Å². The summed E-state index contributed by atoms with van der Waals surface area (Å²) in [4.78, 5) is 30.9. The van der Waals surface area contributed by atoms with E-state index >= 15 is 0 Å². The van der Waals surface area contributed by atoms with E-state index in [0.29, 0.717) is 23.7 Å². The summed E-state index contributed by atoms with van der Waals surface area (Å²) in [5, 5.41) is 7.68. The van der Waals surface area contributed by atoms with E-state index in [0.717, 1.165) is 96.9 Å². The molecule has 14 heteroatoms. The number of ether oxygens (including phenoxy) is 1. The number of rotatable bonds is 9. The highest BCUT2D eigenvalue weighted by Crippen LogP contribution is 2.37. The minimum absolute atomic E-state index is 0.435. The molecule has 5 heterocycles. The van der Waals surface area contributed by atoms with Crippen LogP contribution in [-0.2, 0) is 0 Å². The second-order valence-corrected chi connectivity index (χ2v) is 13.1. The lowest BCUT2D eigenvalue weighted by Gasteiger charge is -2.42. The molecule has 2 aliphatic rings. The van der Waals surface area contributed by atoms with E-state index in [2.05, 4.69) is 73.9 Å². The summed E-state index contributed by atoms with van der Waals surface area (Å²) in [6.07, 6.45) is 9.51. The second-order valence-electron chi connectivity index (χ2n) is 11.6. The molecule has 238 valence electrons. The molecule has 12 nitrogen and oxygen atoms in total. The Morgan fingerprint density at radius 3 is 2.47 bits per heavy atom. The highest BCUT2D eigenvalue weighted by molar-refractivity contribution is 7.99. The number of pyridine rings is 1. The van der Waals surface area contributed by atoms with Gasteiger partial charge in [-0.3, -0.25) is 14.9 Å². The molecule has 0 bridgehead atoms. The van der Waals surface area contributed by atoms with Crippen LogP contribution in [0, 0.1) is 6.92 Å². The zero-order valence-electron chi connectivity index (χ0n) is 26.6. The van der Waals surface area contributed by atoms with Gasteiger partial charge in [-0.2, -0.15) is 9.97 Å². The van der Waals surface area contributed by atoms with E-state index in [-0.39, 0.29) is 0 Å². The summed E-state index contributed by atoms with van der Waals surface area (Å²) in [6, 6.07) is 6.69. The molecule has 1 aromatic carbocycles. The van der Waals surface area contributed by atoms with Crippen LogP contribution in [0.1, 0.15) is 18.4 Å². The van der Waals surface area contributed by atoms with Crippen LogP contribution in [0.5, 0.6) is 5.88 Å². The van der Waals surface area contributed by atoms with Gasteiger partial charge in [0.25, 0.3) is 0 Å². The molecular formula is C31H42N11OPS. The van der Waals surface area contributed by atoms with E-state index < -0.39 is 0 Å². The van der Waals surface area contributed by atoms with Crippen LogP contribution in [0.2, 0.25) is 0 Å². The van der Waals surface area contributed by atoms with Crippen molar-refractivity contribution < 1.29 is 4.74 Å². The van der Waals surface area contributed by atoms with Crippen molar-refractivity contribution in [3.8, 4) is 5.88 Å². The first-order chi connectivity index (χ1) is 21.8. The molecule has 45 heavy (non-hydrogen) atoms. The van der Waals surface area contributed by atoms with Gasteiger partial charge in [0.1, 0.15) is 22.8 Å². The van der Waals surface area contributed by atoms with E-state index in [1.807, 2.05) is 25.4 Å². The van der Waals surface area contributed by atoms with Gasteiger partial charge >= 0.3 is 0 Å². The van der Waals surface area contributed by atoms with Crippen LogP contribution in [0.25, 0.3) is 11.0 Å². The summed E-state index contributed by atoms with van der Waals surface area (Å²) in [5.41, 5.74) is 5.23. The van der Waals surface area contributed by atoms with Gasteiger partial charge in [-0.25, -0.2) is 4.98 Å². The third-order valence-corrected chi connectivity index (χ3v) is 9.84. The number of anilines is 6. The molecule has 0 radical (unpaired) electrons. The lowest BCUT2D eigenvalue weighted by atomic mass is 10.0.